The van der Waals surface area contributed by atoms with E-state index < -0.39 is 0 Å². The number of piperidine rings is 1. The second-order valence-corrected chi connectivity index (χ2v) is 11.5. The number of fused-ring (bicyclic) bond motifs is 5. The number of amides is 2. The fraction of sp³-hybridized carbons (Fsp3) is 0.913. The predicted molar refractivity (Wildman–Crippen MR) is 107 cm³/mol. The van der Waals surface area contributed by atoms with Gasteiger partial charge in [0, 0.05) is 23.9 Å². The molecule has 1 heterocycles. The van der Waals surface area contributed by atoms with Crippen molar-refractivity contribution in [1.82, 2.24) is 10.6 Å². The van der Waals surface area contributed by atoms with E-state index in [9.17, 15) is 9.59 Å². The summed E-state index contributed by atoms with van der Waals surface area (Å²) in [7, 11) is 0. The highest BCUT2D eigenvalue weighted by molar-refractivity contribution is 5.80. The largest absolute Gasteiger partial charge is 0.353 e. The van der Waals surface area contributed by atoms with Gasteiger partial charge in [0.1, 0.15) is 0 Å². The van der Waals surface area contributed by atoms with Crippen LogP contribution in [0.15, 0.2) is 0 Å². The van der Waals surface area contributed by atoms with Gasteiger partial charge in [-0.05, 0) is 94.3 Å². The van der Waals surface area contributed by atoms with E-state index in [1.54, 1.807) is 0 Å². The van der Waals surface area contributed by atoms with E-state index in [0.717, 1.165) is 31.6 Å². The fourth-order valence-corrected chi connectivity index (χ4v) is 7.59. The molecule has 0 aromatic rings. The molecule has 4 nitrogen and oxygen atoms in total. The van der Waals surface area contributed by atoms with Gasteiger partial charge in [0.25, 0.3) is 0 Å². The SMILES string of the molecule is CC(C)(C)NC(=O)[C@H]1CC[C@H]2[C@@H]3CCC4NC(=O)CC[C@]4(C)[C@H]3CC[C@]12C. The molecule has 4 fully saturated rings. The van der Waals surface area contributed by atoms with Crippen molar-refractivity contribution in [3.8, 4) is 0 Å². The topological polar surface area (TPSA) is 58.2 Å². The summed E-state index contributed by atoms with van der Waals surface area (Å²) in [5.74, 6) is 2.79. The average molecular weight is 375 g/mol. The molecule has 2 N–H and O–H groups in total. The summed E-state index contributed by atoms with van der Waals surface area (Å²) >= 11 is 0. The van der Waals surface area contributed by atoms with Crippen LogP contribution < -0.4 is 10.6 Å². The van der Waals surface area contributed by atoms with Gasteiger partial charge in [-0.15, -0.1) is 0 Å². The van der Waals surface area contributed by atoms with Crippen LogP contribution >= 0.6 is 0 Å². The second kappa shape index (κ2) is 6.22. The van der Waals surface area contributed by atoms with Crippen molar-refractivity contribution in [2.45, 2.75) is 97.6 Å². The van der Waals surface area contributed by atoms with E-state index in [1.165, 1.54) is 19.3 Å². The molecule has 27 heavy (non-hydrogen) atoms. The Morgan fingerprint density at radius 3 is 2.41 bits per heavy atom. The van der Waals surface area contributed by atoms with Crippen LogP contribution in [0.2, 0.25) is 0 Å². The van der Waals surface area contributed by atoms with E-state index in [0.29, 0.717) is 24.3 Å². The zero-order valence-corrected chi connectivity index (χ0v) is 17.9. The maximum atomic E-state index is 13.0. The Morgan fingerprint density at radius 2 is 1.70 bits per heavy atom. The van der Waals surface area contributed by atoms with Crippen LogP contribution in [0.5, 0.6) is 0 Å². The van der Waals surface area contributed by atoms with Crippen LogP contribution in [0.1, 0.15) is 86.0 Å². The van der Waals surface area contributed by atoms with Crippen molar-refractivity contribution in [3.05, 3.63) is 0 Å². The first kappa shape index (κ1) is 19.3. The minimum absolute atomic E-state index is 0.150. The third-order valence-corrected chi connectivity index (χ3v) is 8.91. The third kappa shape index (κ3) is 3.02. The van der Waals surface area contributed by atoms with Crippen LogP contribution in [-0.2, 0) is 9.59 Å². The normalized spacial score (nSPS) is 46.7. The van der Waals surface area contributed by atoms with Gasteiger partial charge in [-0.2, -0.15) is 0 Å². The molecule has 4 aliphatic rings. The summed E-state index contributed by atoms with van der Waals surface area (Å²) < 4.78 is 0. The smallest absolute Gasteiger partial charge is 0.224 e. The highest BCUT2D eigenvalue weighted by atomic mass is 16.2. The van der Waals surface area contributed by atoms with Crippen molar-refractivity contribution in [2.75, 3.05) is 0 Å². The van der Waals surface area contributed by atoms with Gasteiger partial charge in [0.05, 0.1) is 0 Å². The molecular formula is C23H38N2O2. The minimum atomic E-state index is -0.158. The third-order valence-electron chi connectivity index (χ3n) is 8.91. The Hall–Kier alpha value is -1.06. The lowest BCUT2D eigenvalue weighted by Crippen LogP contribution is -2.61. The Balaban J connectivity index is 1.55. The standard InChI is InChI=1S/C23H38N2O2/c1-21(2,3)25-20(27)17-8-7-15-14-6-9-18-23(5,13-11-19(26)24-18)16(14)10-12-22(15,17)4/h14-18H,6-13H2,1-5H3,(H,24,26)(H,25,27)/t14-,15-,16-,17+,18?,22-,23+/m0/s1. The van der Waals surface area contributed by atoms with Crippen molar-refractivity contribution >= 4 is 11.8 Å². The number of rotatable bonds is 1. The summed E-state index contributed by atoms with van der Waals surface area (Å²) in [6.45, 7) is 11.1. The van der Waals surface area contributed by atoms with E-state index >= 15 is 0 Å². The molecule has 1 aliphatic heterocycles. The summed E-state index contributed by atoms with van der Waals surface area (Å²) in [5.41, 5.74) is 0.246. The van der Waals surface area contributed by atoms with Crippen LogP contribution in [0, 0.1) is 34.5 Å². The van der Waals surface area contributed by atoms with E-state index in [4.69, 9.17) is 0 Å². The monoisotopic (exact) mass is 374 g/mol. The van der Waals surface area contributed by atoms with Crippen LogP contribution in [-0.4, -0.2) is 23.4 Å². The number of hydrogen-bond donors (Lipinski definition) is 2. The molecule has 0 spiro atoms. The van der Waals surface area contributed by atoms with E-state index in [-0.39, 0.29) is 34.1 Å². The molecule has 0 aromatic carbocycles. The van der Waals surface area contributed by atoms with Gasteiger partial charge in [0.15, 0.2) is 0 Å². The number of hydrogen-bond acceptors (Lipinski definition) is 2. The van der Waals surface area contributed by atoms with Crippen molar-refractivity contribution < 1.29 is 9.59 Å². The predicted octanol–water partition coefficient (Wildman–Crippen LogP) is 4.04. The summed E-state index contributed by atoms with van der Waals surface area (Å²) in [4.78, 5) is 25.0. The zero-order chi connectivity index (χ0) is 19.6. The summed E-state index contributed by atoms with van der Waals surface area (Å²) in [5, 5.41) is 6.57. The second-order valence-electron chi connectivity index (χ2n) is 11.5. The van der Waals surface area contributed by atoms with Crippen LogP contribution in [0.3, 0.4) is 0 Å². The maximum Gasteiger partial charge on any atom is 0.224 e. The molecule has 7 atom stereocenters. The van der Waals surface area contributed by atoms with Gasteiger partial charge >= 0.3 is 0 Å². The Morgan fingerprint density at radius 1 is 1.00 bits per heavy atom. The van der Waals surface area contributed by atoms with Crippen molar-refractivity contribution in [1.29, 1.82) is 0 Å². The van der Waals surface area contributed by atoms with Gasteiger partial charge in [-0.3, -0.25) is 9.59 Å². The molecule has 152 valence electrons. The number of carbonyl (C=O) groups is 2. The molecule has 3 aliphatic carbocycles. The van der Waals surface area contributed by atoms with Crippen LogP contribution in [0.4, 0.5) is 0 Å². The van der Waals surface area contributed by atoms with Gasteiger partial charge < -0.3 is 10.6 Å². The number of carbonyl (C=O) groups excluding carboxylic acids is 2. The van der Waals surface area contributed by atoms with E-state index in [2.05, 4.69) is 45.3 Å². The molecule has 2 amide bonds. The van der Waals surface area contributed by atoms with Crippen molar-refractivity contribution in [3.63, 3.8) is 0 Å². The maximum absolute atomic E-state index is 13.0. The highest BCUT2D eigenvalue weighted by Crippen LogP contribution is 2.65. The summed E-state index contributed by atoms with van der Waals surface area (Å²) in [6, 6.07) is 0.366. The molecule has 0 aromatic heterocycles. The lowest BCUT2D eigenvalue weighted by atomic mass is 9.47. The Bertz CT molecular complexity index is 639. The molecule has 0 radical (unpaired) electrons. The number of nitrogens with one attached hydrogen (secondary N) is 2. The Labute approximate surface area is 164 Å². The van der Waals surface area contributed by atoms with Crippen molar-refractivity contribution in [2.24, 2.45) is 34.5 Å². The molecule has 4 rings (SSSR count). The van der Waals surface area contributed by atoms with Crippen LogP contribution in [0.25, 0.3) is 0 Å². The highest BCUT2D eigenvalue weighted by Gasteiger charge is 2.61. The first-order chi connectivity index (χ1) is 12.5. The fourth-order valence-electron chi connectivity index (χ4n) is 7.59. The van der Waals surface area contributed by atoms with E-state index in [1.807, 2.05) is 0 Å². The molecule has 0 bridgehead atoms. The van der Waals surface area contributed by atoms with Gasteiger partial charge in [-0.25, -0.2) is 0 Å². The molecule has 3 saturated carbocycles. The summed E-state index contributed by atoms with van der Waals surface area (Å²) in [6.07, 6.45) is 8.71. The molecular weight excluding hydrogens is 336 g/mol. The Kier molecular flexibility index (Phi) is 4.44. The molecule has 1 saturated heterocycles. The first-order valence-electron chi connectivity index (χ1n) is 11.2. The van der Waals surface area contributed by atoms with Gasteiger partial charge in [0.2, 0.25) is 11.8 Å². The first-order valence-corrected chi connectivity index (χ1v) is 11.2. The lowest BCUT2D eigenvalue weighted by Gasteiger charge is -2.60. The molecule has 4 heteroatoms. The lowest BCUT2D eigenvalue weighted by molar-refractivity contribution is -0.142. The minimum Gasteiger partial charge on any atom is -0.353 e. The van der Waals surface area contributed by atoms with Gasteiger partial charge in [-0.1, -0.05) is 13.8 Å². The quantitative estimate of drug-likeness (QED) is 0.728. The molecule has 1 unspecified atom stereocenters. The zero-order valence-electron chi connectivity index (χ0n) is 17.9. The average Bonchev–Trinajstić information content (AvgIpc) is 2.91.